The first-order valence-electron chi connectivity index (χ1n) is 6.43. The first-order valence-corrected chi connectivity index (χ1v) is 7.91. The fourth-order valence-electron chi connectivity index (χ4n) is 2.26. The van der Waals surface area contributed by atoms with E-state index in [0.717, 1.165) is 18.6 Å². The molecule has 21 heavy (non-hydrogen) atoms. The second kappa shape index (κ2) is 5.90. The quantitative estimate of drug-likeness (QED) is 0.525. The normalized spacial score (nSPS) is 18.7. The lowest BCUT2D eigenvalue weighted by molar-refractivity contribution is -0.387. The second-order valence-electron chi connectivity index (χ2n) is 4.93. The topological polar surface area (TPSA) is 89.3 Å². The Labute approximate surface area is 121 Å². The molecule has 1 atom stereocenters. The number of sulfonamides is 1. The van der Waals surface area contributed by atoms with Crippen molar-refractivity contribution in [1.29, 1.82) is 0 Å². The standard InChI is InChI=1S/C13H15FN2O4S/c1-9-7-11(14)12(16(17)18)8-13(9)21(19,20)15-10-5-3-2-4-6-10/h2-3,7-8,10,15H,4-6H2,1H3. The summed E-state index contributed by atoms with van der Waals surface area (Å²) in [4.78, 5) is 9.55. The molecule has 0 heterocycles. The van der Waals surface area contributed by atoms with Crippen LogP contribution in [0.15, 0.2) is 29.2 Å². The molecular weight excluding hydrogens is 299 g/mol. The minimum Gasteiger partial charge on any atom is -0.258 e. The SMILES string of the molecule is Cc1cc(F)c([N+](=O)[O-])cc1S(=O)(=O)NC1CC=CCC1. The number of nitro benzene ring substituents is 1. The van der Waals surface area contributed by atoms with Crippen LogP contribution in [0.1, 0.15) is 24.8 Å². The van der Waals surface area contributed by atoms with Crippen molar-refractivity contribution in [3.8, 4) is 0 Å². The number of aryl methyl sites for hydroxylation is 1. The summed E-state index contributed by atoms with van der Waals surface area (Å²) in [6.45, 7) is 1.40. The van der Waals surface area contributed by atoms with Crippen molar-refractivity contribution in [3.05, 3.63) is 45.8 Å². The number of nitrogens with zero attached hydrogens (tertiary/aromatic N) is 1. The number of hydrogen-bond donors (Lipinski definition) is 1. The van der Waals surface area contributed by atoms with E-state index in [2.05, 4.69) is 4.72 Å². The van der Waals surface area contributed by atoms with Crippen LogP contribution in [0.2, 0.25) is 0 Å². The van der Waals surface area contributed by atoms with Gasteiger partial charge in [0.1, 0.15) is 0 Å². The molecule has 1 N–H and O–H groups in total. The molecule has 0 spiro atoms. The Morgan fingerprint density at radius 2 is 2.10 bits per heavy atom. The third kappa shape index (κ3) is 3.45. The van der Waals surface area contributed by atoms with E-state index in [1.807, 2.05) is 12.2 Å². The van der Waals surface area contributed by atoms with Crippen molar-refractivity contribution >= 4 is 15.7 Å². The van der Waals surface area contributed by atoms with Gasteiger partial charge in [-0.2, -0.15) is 4.39 Å². The van der Waals surface area contributed by atoms with Crippen LogP contribution in [0.4, 0.5) is 10.1 Å². The molecule has 114 valence electrons. The molecule has 2 rings (SSSR count). The minimum atomic E-state index is -3.92. The van der Waals surface area contributed by atoms with Gasteiger partial charge in [0, 0.05) is 12.1 Å². The Morgan fingerprint density at radius 1 is 1.38 bits per heavy atom. The highest BCUT2D eigenvalue weighted by Gasteiger charge is 2.26. The number of nitrogens with one attached hydrogen (secondary N) is 1. The molecule has 0 aromatic heterocycles. The smallest absolute Gasteiger partial charge is 0.258 e. The third-order valence-corrected chi connectivity index (χ3v) is 4.98. The zero-order valence-corrected chi connectivity index (χ0v) is 12.2. The Hall–Kier alpha value is -1.80. The molecule has 0 fully saturated rings. The Morgan fingerprint density at radius 3 is 2.67 bits per heavy atom. The van der Waals surface area contributed by atoms with Crippen molar-refractivity contribution in [2.45, 2.75) is 37.1 Å². The monoisotopic (exact) mass is 314 g/mol. The lowest BCUT2D eigenvalue weighted by Gasteiger charge is -2.20. The maximum atomic E-state index is 13.5. The van der Waals surface area contributed by atoms with E-state index in [4.69, 9.17) is 0 Å². The van der Waals surface area contributed by atoms with Crippen LogP contribution in [0.3, 0.4) is 0 Å². The molecule has 1 aliphatic rings. The van der Waals surface area contributed by atoms with Crippen molar-refractivity contribution in [3.63, 3.8) is 0 Å². The summed E-state index contributed by atoms with van der Waals surface area (Å²) in [7, 11) is -3.92. The Balaban J connectivity index is 2.37. The predicted octanol–water partition coefficient (Wildman–Crippen LogP) is 2.43. The Bertz CT molecular complexity index is 700. The number of halogens is 1. The largest absolute Gasteiger partial charge is 0.306 e. The summed E-state index contributed by atoms with van der Waals surface area (Å²) in [5, 5.41) is 10.7. The maximum Gasteiger partial charge on any atom is 0.306 e. The molecule has 0 saturated carbocycles. The highest BCUT2D eigenvalue weighted by Crippen LogP contribution is 2.26. The van der Waals surface area contributed by atoms with E-state index < -0.39 is 26.5 Å². The molecule has 0 amide bonds. The van der Waals surface area contributed by atoms with Gasteiger partial charge in [-0.05, 0) is 37.8 Å². The average molecular weight is 314 g/mol. The molecular formula is C13H15FN2O4S. The van der Waals surface area contributed by atoms with Crippen LogP contribution < -0.4 is 4.72 Å². The van der Waals surface area contributed by atoms with Crippen LogP contribution in [0.25, 0.3) is 0 Å². The van der Waals surface area contributed by atoms with E-state index in [9.17, 15) is 22.9 Å². The number of allylic oxidation sites excluding steroid dienone is 1. The van der Waals surface area contributed by atoms with Crippen LogP contribution in [0.5, 0.6) is 0 Å². The number of rotatable bonds is 4. The van der Waals surface area contributed by atoms with E-state index in [1.165, 1.54) is 6.92 Å². The fraction of sp³-hybridized carbons (Fsp3) is 0.385. The minimum absolute atomic E-state index is 0.136. The fourth-order valence-corrected chi connectivity index (χ4v) is 3.78. The molecule has 6 nitrogen and oxygen atoms in total. The van der Waals surface area contributed by atoms with Gasteiger partial charge in [0.25, 0.3) is 0 Å². The number of nitro groups is 1. The van der Waals surface area contributed by atoms with Gasteiger partial charge in [-0.1, -0.05) is 12.2 Å². The van der Waals surface area contributed by atoms with Gasteiger partial charge < -0.3 is 0 Å². The molecule has 1 unspecified atom stereocenters. The van der Waals surface area contributed by atoms with Gasteiger partial charge in [-0.3, -0.25) is 10.1 Å². The summed E-state index contributed by atoms with van der Waals surface area (Å²) in [5.74, 6) is -1.04. The van der Waals surface area contributed by atoms with Gasteiger partial charge in [-0.15, -0.1) is 0 Å². The molecule has 8 heteroatoms. The molecule has 0 aliphatic heterocycles. The van der Waals surface area contributed by atoms with E-state index in [1.54, 1.807) is 0 Å². The van der Waals surface area contributed by atoms with E-state index in [-0.39, 0.29) is 16.5 Å². The van der Waals surface area contributed by atoms with Crippen molar-refractivity contribution in [2.24, 2.45) is 0 Å². The first kappa shape index (κ1) is 15.6. The zero-order valence-electron chi connectivity index (χ0n) is 11.4. The summed E-state index contributed by atoms with van der Waals surface area (Å²) >= 11 is 0. The van der Waals surface area contributed by atoms with Gasteiger partial charge in [-0.25, -0.2) is 13.1 Å². The van der Waals surface area contributed by atoms with Gasteiger partial charge in [0.05, 0.1) is 9.82 Å². The second-order valence-corrected chi connectivity index (χ2v) is 6.61. The average Bonchev–Trinajstić information content (AvgIpc) is 2.38. The Kier molecular flexibility index (Phi) is 4.38. The van der Waals surface area contributed by atoms with Gasteiger partial charge >= 0.3 is 5.69 Å². The van der Waals surface area contributed by atoms with Crippen LogP contribution >= 0.6 is 0 Å². The number of benzene rings is 1. The van der Waals surface area contributed by atoms with Gasteiger partial charge in [0.15, 0.2) is 0 Å². The lowest BCUT2D eigenvalue weighted by Crippen LogP contribution is -2.35. The molecule has 1 aromatic carbocycles. The zero-order chi connectivity index (χ0) is 15.6. The van der Waals surface area contributed by atoms with E-state index in [0.29, 0.717) is 12.8 Å². The van der Waals surface area contributed by atoms with Crippen LogP contribution in [-0.2, 0) is 10.0 Å². The molecule has 1 aromatic rings. The molecule has 0 saturated heterocycles. The number of hydrogen-bond acceptors (Lipinski definition) is 4. The molecule has 0 radical (unpaired) electrons. The highest BCUT2D eigenvalue weighted by atomic mass is 32.2. The summed E-state index contributed by atoms with van der Waals surface area (Å²) in [6.07, 6.45) is 5.87. The summed E-state index contributed by atoms with van der Waals surface area (Å²) < 4.78 is 40.6. The first-order chi connectivity index (χ1) is 9.81. The predicted molar refractivity (Wildman–Crippen MR) is 74.9 cm³/mol. The van der Waals surface area contributed by atoms with E-state index >= 15 is 0 Å². The van der Waals surface area contributed by atoms with Crippen LogP contribution in [-0.4, -0.2) is 19.4 Å². The lowest BCUT2D eigenvalue weighted by atomic mass is 10.0. The molecule has 1 aliphatic carbocycles. The van der Waals surface area contributed by atoms with Gasteiger partial charge in [0.2, 0.25) is 15.8 Å². The summed E-state index contributed by atoms with van der Waals surface area (Å²) in [6, 6.07) is 1.39. The maximum absolute atomic E-state index is 13.5. The summed E-state index contributed by atoms with van der Waals surface area (Å²) in [5.41, 5.74) is -0.707. The molecule has 0 bridgehead atoms. The van der Waals surface area contributed by atoms with Crippen molar-refractivity contribution < 1.29 is 17.7 Å². The highest BCUT2D eigenvalue weighted by molar-refractivity contribution is 7.89. The third-order valence-electron chi connectivity index (χ3n) is 3.32. The van der Waals surface area contributed by atoms with Crippen LogP contribution in [0, 0.1) is 22.9 Å². The van der Waals surface area contributed by atoms with Crippen molar-refractivity contribution in [2.75, 3.05) is 0 Å². The van der Waals surface area contributed by atoms with Crippen molar-refractivity contribution in [1.82, 2.24) is 4.72 Å².